The molecule has 0 saturated heterocycles. The van der Waals surface area contributed by atoms with Gasteiger partial charge in [0.15, 0.2) is 9.84 Å². The van der Waals surface area contributed by atoms with Gasteiger partial charge in [0.2, 0.25) is 0 Å². The Kier molecular flexibility index (Phi) is 5.00. The number of anilines is 1. The maximum Gasteiger partial charge on any atom is 0.573 e. The molecule has 0 atom stereocenters. The molecule has 25 heavy (non-hydrogen) atoms. The molecule has 0 aliphatic heterocycles. The van der Waals surface area contributed by atoms with Crippen molar-refractivity contribution in [2.75, 3.05) is 11.0 Å². The molecule has 0 aliphatic carbocycles. The third kappa shape index (κ3) is 5.36. The maximum absolute atomic E-state index is 12.2. The van der Waals surface area contributed by atoms with E-state index in [1.165, 1.54) is 18.2 Å². The minimum Gasteiger partial charge on any atom is -0.406 e. The van der Waals surface area contributed by atoms with Crippen LogP contribution in [0.25, 0.3) is 0 Å². The number of rotatable bonds is 5. The average Bonchev–Trinajstić information content (AvgIpc) is 2.45. The molecule has 0 saturated carbocycles. The highest BCUT2D eigenvalue weighted by Crippen LogP contribution is 2.25. The minimum absolute atomic E-state index is 0.00135. The summed E-state index contributed by atoms with van der Waals surface area (Å²) in [5.74, 6) is -0.564. The van der Waals surface area contributed by atoms with Crippen molar-refractivity contribution in [3.63, 3.8) is 0 Å². The second kappa shape index (κ2) is 6.56. The van der Waals surface area contributed by atoms with Gasteiger partial charge in [-0.05, 0) is 42.5 Å². The number of sulfonamides is 1. The van der Waals surface area contributed by atoms with Crippen LogP contribution in [0.3, 0.4) is 0 Å². The van der Waals surface area contributed by atoms with E-state index in [2.05, 4.69) is 9.46 Å². The summed E-state index contributed by atoms with van der Waals surface area (Å²) in [5.41, 5.74) is -0.00135. The number of alkyl halides is 3. The second-order valence-corrected chi connectivity index (χ2v) is 8.62. The average molecular weight is 395 g/mol. The molecule has 0 bridgehead atoms. The predicted octanol–water partition coefficient (Wildman–Crippen LogP) is 2.79. The molecular weight excluding hydrogens is 383 g/mol. The standard InChI is InChI=1S/C14H12F3NO5S2/c1-24(19,20)13-4-2-3-10(9-13)18-25(21,22)12-7-5-11(6-8-12)23-14(15,16)17/h2-9,18H,1H3. The van der Waals surface area contributed by atoms with Gasteiger partial charge >= 0.3 is 6.36 Å². The van der Waals surface area contributed by atoms with E-state index in [0.717, 1.165) is 36.6 Å². The number of nitrogens with one attached hydrogen (secondary N) is 1. The fourth-order valence-electron chi connectivity index (χ4n) is 1.82. The van der Waals surface area contributed by atoms with Crippen molar-refractivity contribution in [3.05, 3.63) is 48.5 Å². The van der Waals surface area contributed by atoms with Crippen molar-refractivity contribution in [3.8, 4) is 5.75 Å². The zero-order valence-corrected chi connectivity index (χ0v) is 14.2. The highest BCUT2D eigenvalue weighted by atomic mass is 32.2. The number of hydrogen-bond donors (Lipinski definition) is 1. The molecule has 2 aromatic carbocycles. The third-order valence-corrected chi connectivity index (χ3v) is 5.39. The first-order valence-electron chi connectivity index (χ1n) is 6.56. The maximum atomic E-state index is 12.2. The molecule has 0 amide bonds. The van der Waals surface area contributed by atoms with E-state index in [1.807, 2.05) is 0 Å². The van der Waals surface area contributed by atoms with Gasteiger partial charge < -0.3 is 4.74 Å². The van der Waals surface area contributed by atoms with Crippen LogP contribution < -0.4 is 9.46 Å². The lowest BCUT2D eigenvalue weighted by atomic mass is 10.3. The lowest BCUT2D eigenvalue weighted by Crippen LogP contribution is -2.17. The molecule has 6 nitrogen and oxygen atoms in total. The monoisotopic (exact) mass is 395 g/mol. The molecule has 1 N–H and O–H groups in total. The summed E-state index contributed by atoms with van der Waals surface area (Å²) in [4.78, 5) is -0.395. The Labute approximate surface area is 142 Å². The van der Waals surface area contributed by atoms with Gasteiger partial charge in [-0.25, -0.2) is 16.8 Å². The van der Waals surface area contributed by atoms with Crippen molar-refractivity contribution in [1.82, 2.24) is 0 Å². The van der Waals surface area contributed by atoms with E-state index in [1.54, 1.807) is 0 Å². The molecule has 0 radical (unpaired) electrons. The molecular formula is C14H12F3NO5S2. The lowest BCUT2D eigenvalue weighted by Gasteiger charge is -2.11. The van der Waals surface area contributed by atoms with E-state index in [4.69, 9.17) is 0 Å². The number of ether oxygens (including phenoxy) is 1. The van der Waals surface area contributed by atoms with Gasteiger partial charge in [0.05, 0.1) is 15.5 Å². The van der Waals surface area contributed by atoms with Crippen LogP contribution in [0.1, 0.15) is 0 Å². The minimum atomic E-state index is -4.88. The van der Waals surface area contributed by atoms with Crippen LogP contribution in [0.15, 0.2) is 58.3 Å². The Morgan fingerprint density at radius 2 is 1.52 bits per heavy atom. The highest BCUT2D eigenvalue weighted by Gasteiger charge is 2.31. The molecule has 2 aromatic rings. The number of hydrogen-bond acceptors (Lipinski definition) is 5. The van der Waals surface area contributed by atoms with Gasteiger partial charge in [0.25, 0.3) is 10.0 Å². The summed E-state index contributed by atoms with van der Waals surface area (Å²) < 4.78 is 89.6. The number of halogens is 3. The molecule has 0 spiro atoms. The van der Waals surface area contributed by atoms with E-state index in [0.29, 0.717) is 0 Å². The Hall–Kier alpha value is -2.27. The van der Waals surface area contributed by atoms with Crippen LogP contribution in [0, 0.1) is 0 Å². The van der Waals surface area contributed by atoms with Crippen molar-refractivity contribution < 1.29 is 34.7 Å². The third-order valence-electron chi connectivity index (χ3n) is 2.88. The molecule has 0 fully saturated rings. The Bertz CT molecular complexity index is 968. The first kappa shape index (κ1) is 19.1. The normalized spacial score (nSPS) is 12.6. The van der Waals surface area contributed by atoms with Gasteiger partial charge in [0.1, 0.15) is 5.75 Å². The topological polar surface area (TPSA) is 89.5 Å². The SMILES string of the molecule is CS(=O)(=O)c1cccc(NS(=O)(=O)c2ccc(OC(F)(F)F)cc2)c1. The fourth-order valence-corrected chi connectivity index (χ4v) is 3.54. The van der Waals surface area contributed by atoms with Gasteiger partial charge in [0, 0.05) is 6.26 Å². The van der Waals surface area contributed by atoms with Crippen LogP contribution in [0.5, 0.6) is 5.75 Å². The first-order valence-corrected chi connectivity index (χ1v) is 9.93. The molecule has 0 aliphatic rings. The van der Waals surface area contributed by atoms with Crippen molar-refractivity contribution in [2.45, 2.75) is 16.2 Å². The zero-order chi connectivity index (χ0) is 18.9. The largest absolute Gasteiger partial charge is 0.573 e. The van der Waals surface area contributed by atoms with Crippen molar-refractivity contribution >= 4 is 25.5 Å². The molecule has 0 unspecified atom stereocenters. The quantitative estimate of drug-likeness (QED) is 0.841. The van der Waals surface area contributed by atoms with Crippen molar-refractivity contribution in [2.24, 2.45) is 0 Å². The molecule has 2 rings (SSSR count). The molecule has 136 valence electrons. The van der Waals surface area contributed by atoms with Crippen LogP contribution in [-0.4, -0.2) is 29.5 Å². The summed E-state index contributed by atoms with van der Waals surface area (Å²) in [7, 11) is -7.64. The summed E-state index contributed by atoms with van der Waals surface area (Å²) >= 11 is 0. The summed E-state index contributed by atoms with van der Waals surface area (Å²) in [5, 5.41) is 0. The van der Waals surface area contributed by atoms with Crippen LogP contribution in [0.2, 0.25) is 0 Å². The Balaban J connectivity index is 2.25. The smallest absolute Gasteiger partial charge is 0.406 e. The van der Waals surface area contributed by atoms with Gasteiger partial charge in [-0.1, -0.05) is 6.07 Å². The summed E-state index contributed by atoms with van der Waals surface area (Å²) in [6, 6.07) is 8.71. The summed E-state index contributed by atoms with van der Waals surface area (Å²) in [6.45, 7) is 0. The van der Waals surface area contributed by atoms with Crippen LogP contribution in [-0.2, 0) is 19.9 Å². The molecule has 0 heterocycles. The van der Waals surface area contributed by atoms with E-state index in [-0.39, 0.29) is 15.5 Å². The van der Waals surface area contributed by atoms with Gasteiger partial charge in [-0.3, -0.25) is 4.72 Å². The van der Waals surface area contributed by atoms with Crippen LogP contribution >= 0.6 is 0 Å². The van der Waals surface area contributed by atoms with E-state index in [9.17, 15) is 30.0 Å². The zero-order valence-electron chi connectivity index (χ0n) is 12.6. The Morgan fingerprint density at radius 1 is 0.920 bits per heavy atom. The van der Waals surface area contributed by atoms with Crippen molar-refractivity contribution in [1.29, 1.82) is 0 Å². The Morgan fingerprint density at radius 3 is 2.04 bits per heavy atom. The van der Waals surface area contributed by atoms with E-state index < -0.39 is 32.0 Å². The number of sulfone groups is 1. The predicted molar refractivity (Wildman–Crippen MR) is 83.5 cm³/mol. The molecule has 11 heteroatoms. The first-order chi connectivity index (χ1) is 11.4. The summed E-state index contributed by atoms with van der Waals surface area (Å²) in [6.07, 6.45) is -3.91. The second-order valence-electron chi connectivity index (χ2n) is 4.92. The van der Waals surface area contributed by atoms with Crippen LogP contribution in [0.4, 0.5) is 18.9 Å². The highest BCUT2D eigenvalue weighted by molar-refractivity contribution is 7.92. The fraction of sp³-hybridized carbons (Fsp3) is 0.143. The molecule has 0 aromatic heterocycles. The van der Waals surface area contributed by atoms with Gasteiger partial charge in [-0.2, -0.15) is 0 Å². The van der Waals surface area contributed by atoms with Gasteiger partial charge in [-0.15, -0.1) is 13.2 Å². The lowest BCUT2D eigenvalue weighted by molar-refractivity contribution is -0.274. The van der Waals surface area contributed by atoms with E-state index >= 15 is 0 Å². The number of benzene rings is 2.